The van der Waals surface area contributed by atoms with Crippen molar-refractivity contribution in [3.8, 4) is 0 Å². The summed E-state index contributed by atoms with van der Waals surface area (Å²) in [5, 5.41) is 1.86. The molecule has 1 rings (SSSR count). The molecule has 2 unspecified atom stereocenters. The van der Waals surface area contributed by atoms with Gasteiger partial charge in [0.25, 0.3) is 0 Å². The topological polar surface area (TPSA) is 12.4 Å². The van der Waals surface area contributed by atoms with Gasteiger partial charge in [-0.05, 0) is 47.1 Å². The lowest BCUT2D eigenvalue weighted by Gasteiger charge is -2.41. The predicted octanol–water partition coefficient (Wildman–Crippen LogP) is 4.05. The van der Waals surface area contributed by atoms with E-state index in [1.54, 1.807) is 0 Å². The first-order valence-electron chi connectivity index (χ1n) is 5.64. The minimum Gasteiger partial charge on any atom is -0.300 e. The molecule has 16 heavy (non-hydrogen) atoms. The highest BCUT2D eigenvalue weighted by Crippen LogP contribution is 2.49. The fraction of sp³-hybridized carbons (Fsp3) is 0.500. The third kappa shape index (κ3) is 2.32. The molecule has 0 aromatic carbocycles. The standard InChI is InChI=1S/C14H21NS/c1-6-14(4,9-15-5)7-12-10(2)11(3)13(12)8-16/h8,12,16H,2-3,5-7,9H2,1,4H3/b13-8-. The van der Waals surface area contributed by atoms with Crippen LogP contribution in [0.15, 0.2) is 40.3 Å². The highest BCUT2D eigenvalue weighted by molar-refractivity contribution is 7.83. The molecule has 2 atom stereocenters. The quantitative estimate of drug-likeness (QED) is 0.545. The van der Waals surface area contributed by atoms with Gasteiger partial charge in [0, 0.05) is 12.5 Å². The van der Waals surface area contributed by atoms with Gasteiger partial charge in [-0.15, -0.1) is 0 Å². The van der Waals surface area contributed by atoms with E-state index < -0.39 is 0 Å². The summed E-state index contributed by atoms with van der Waals surface area (Å²) >= 11 is 4.24. The van der Waals surface area contributed by atoms with Gasteiger partial charge in [0.1, 0.15) is 0 Å². The predicted molar refractivity (Wildman–Crippen MR) is 76.3 cm³/mol. The molecule has 1 fully saturated rings. The Morgan fingerprint density at radius 3 is 2.56 bits per heavy atom. The monoisotopic (exact) mass is 235 g/mol. The maximum Gasteiger partial charge on any atom is 0.0436 e. The molecule has 0 aromatic rings. The average molecular weight is 235 g/mol. The lowest BCUT2D eigenvalue weighted by molar-refractivity contribution is 0.265. The van der Waals surface area contributed by atoms with Crippen LogP contribution in [0, 0.1) is 11.3 Å². The van der Waals surface area contributed by atoms with Crippen LogP contribution in [0.1, 0.15) is 26.7 Å². The number of hydrogen-bond donors (Lipinski definition) is 1. The largest absolute Gasteiger partial charge is 0.300 e. The maximum atomic E-state index is 4.24. The smallest absolute Gasteiger partial charge is 0.0436 e. The van der Waals surface area contributed by atoms with Crippen LogP contribution in [0.25, 0.3) is 0 Å². The zero-order chi connectivity index (χ0) is 12.3. The van der Waals surface area contributed by atoms with E-state index in [1.165, 1.54) is 5.57 Å². The second-order valence-corrected chi connectivity index (χ2v) is 5.15. The average Bonchev–Trinajstić information content (AvgIpc) is 2.28. The second-order valence-electron chi connectivity index (χ2n) is 4.89. The van der Waals surface area contributed by atoms with Crippen molar-refractivity contribution in [3.05, 3.63) is 35.3 Å². The fourth-order valence-electron chi connectivity index (χ4n) is 2.20. The van der Waals surface area contributed by atoms with E-state index in [4.69, 9.17) is 0 Å². The molecule has 0 amide bonds. The molecule has 1 aliphatic carbocycles. The highest BCUT2D eigenvalue weighted by atomic mass is 32.1. The molecular formula is C14H21NS. The normalized spacial score (nSPS) is 26.4. The number of thiol groups is 1. The van der Waals surface area contributed by atoms with Crippen LogP contribution in [0.3, 0.4) is 0 Å². The van der Waals surface area contributed by atoms with Gasteiger partial charge in [-0.2, -0.15) is 12.6 Å². The Balaban J connectivity index is 2.77. The summed E-state index contributed by atoms with van der Waals surface area (Å²) < 4.78 is 0. The molecule has 1 nitrogen and oxygen atoms in total. The van der Waals surface area contributed by atoms with E-state index in [0.717, 1.165) is 30.5 Å². The summed E-state index contributed by atoms with van der Waals surface area (Å²) in [7, 11) is 0. The number of allylic oxidation sites excluding steroid dienone is 3. The maximum absolute atomic E-state index is 4.24. The molecule has 0 radical (unpaired) electrons. The summed E-state index contributed by atoms with van der Waals surface area (Å²) in [6.07, 6.45) is 2.16. The molecule has 88 valence electrons. The summed E-state index contributed by atoms with van der Waals surface area (Å²) in [6.45, 7) is 16.9. The van der Waals surface area contributed by atoms with Crippen LogP contribution < -0.4 is 0 Å². The van der Waals surface area contributed by atoms with Crippen LogP contribution in [-0.2, 0) is 0 Å². The lowest BCUT2D eigenvalue weighted by Crippen LogP contribution is -2.30. The van der Waals surface area contributed by atoms with Crippen molar-refractivity contribution in [3.63, 3.8) is 0 Å². The zero-order valence-corrected chi connectivity index (χ0v) is 11.2. The van der Waals surface area contributed by atoms with Crippen molar-refractivity contribution < 1.29 is 0 Å². The molecule has 0 aliphatic heterocycles. The third-order valence-corrected chi connectivity index (χ3v) is 3.99. The molecule has 0 N–H and O–H groups in total. The van der Waals surface area contributed by atoms with Gasteiger partial charge in [0.2, 0.25) is 0 Å². The second kappa shape index (κ2) is 5.05. The van der Waals surface area contributed by atoms with Crippen LogP contribution in [-0.4, -0.2) is 13.3 Å². The Morgan fingerprint density at radius 1 is 1.50 bits per heavy atom. The van der Waals surface area contributed by atoms with Crippen LogP contribution in [0.2, 0.25) is 0 Å². The van der Waals surface area contributed by atoms with Gasteiger partial charge in [-0.3, -0.25) is 0 Å². The SMILES string of the molecule is C=NCC(C)(CC)CC1C(=C)C(=C)/C1=C/S. The lowest BCUT2D eigenvalue weighted by atomic mass is 9.64. The molecule has 0 bridgehead atoms. The Kier molecular flexibility index (Phi) is 4.20. The van der Waals surface area contributed by atoms with Crippen molar-refractivity contribution in [2.75, 3.05) is 6.54 Å². The van der Waals surface area contributed by atoms with Crippen LogP contribution >= 0.6 is 12.6 Å². The first kappa shape index (κ1) is 13.3. The molecule has 0 aromatic heterocycles. The highest BCUT2D eigenvalue weighted by Gasteiger charge is 2.37. The van der Waals surface area contributed by atoms with Crippen LogP contribution in [0.4, 0.5) is 0 Å². The van der Waals surface area contributed by atoms with E-state index >= 15 is 0 Å². The molecule has 2 heteroatoms. The minimum atomic E-state index is 0.206. The Labute approximate surface area is 104 Å². The van der Waals surface area contributed by atoms with E-state index in [1.807, 2.05) is 5.41 Å². The molecule has 1 aliphatic rings. The van der Waals surface area contributed by atoms with Gasteiger partial charge in [-0.25, -0.2) is 0 Å². The first-order valence-corrected chi connectivity index (χ1v) is 6.16. The van der Waals surface area contributed by atoms with E-state index in [-0.39, 0.29) is 5.41 Å². The van der Waals surface area contributed by atoms with Gasteiger partial charge >= 0.3 is 0 Å². The molecule has 0 heterocycles. The molecule has 0 saturated heterocycles. The summed E-state index contributed by atoms with van der Waals surface area (Å²) in [5.74, 6) is 0.414. The van der Waals surface area contributed by atoms with Crippen LogP contribution in [0.5, 0.6) is 0 Å². The van der Waals surface area contributed by atoms with Gasteiger partial charge in [0.05, 0.1) is 0 Å². The summed E-state index contributed by atoms with van der Waals surface area (Å²) in [6, 6.07) is 0. The van der Waals surface area contributed by atoms with Crippen molar-refractivity contribution in [2.24, 2.45) is 16.3 Å². The third-order valence-electron chi connectivity index (χ3n) is 3.72. The van der Waals surface area contributed by atoms with Crippen molar-refractivity contribution in [2.45, 2.75) is 26.7 Å². The number of aliphatic imine (C=N–C) groups is 1. The Hall–Kier alpha value is -0.760. The number of nitrogens with zero attached hydrogens (tertiary/aromatic N) is 1. The molecular weight excluding hydrogens is 214 g/mol. The van der Waals surface area contributed by atoms with Gasteiger partial charge < -0.3 is 4.99 Å². The van der Waals surface area contributed by atoms with E-state index in [2.05, 4.69) is 51.3 Å². The van der Waals surface area contributed by atoms with Gasteiger partial charge in [-0.1, -0.05) is 27.0 Å². The zero-order valence-electron chi connectivity index (χ0n) is 10.3. The van der Waals surface area contributed by atoms with E-state index in [9.17, 15) is 0 Å². The minimum absolute atomic E-state index is 0.206. The Morgan fingerprint density at radius 2 is 2.12 bits per heavy atom. The number of hydrogen-bond acceptors (Lipinski definition) is 2. The Bertz CT molecular complexity index is 354. The van der Waals surface area contributed by atoms with Gasteiger partial charge in [0.15, 0.2) is 0 Å². The first-order chi connectivity index (χ1) is 7.49. The van der Waals surface area contributed by atoms with E-state index in [0.29, 0.717) is 5.92 Å². The van der Waals surface area contributed by atoms with Crippen molar-refractivity contribution in [1.82, 2.24) is 0 Å². The number of rotatable bonds is 5. The summed E-state index contributed by atoms with van der Waals surface area (Å²) in [4.78, 5) is 4.04. The van der Waals surface area contributed by atoms with Crippen molar-refractivity contribution in [1.29, 1.82) is 0 Å². The molecule has 1 saturated carbocycles. The fourth-order valence-corrected chi connectivity index (χ4v) is 2.54. The van der Waals surface area contributed by atoms with Crippen molar-refractivity contribution >= 4 is 19.3 Å². The molecule has 0 spiro atoms. The summed E-state index contributed by atoms with van der Waals surface area (Å²) in [5.41, 5.74) is 3.66.